The Morgan fingerprint density at radius 3 is 2.80 bits per heavy atom. The molecule has 0 unspecified atom stereocenters. The van der Waals surface area contributed by atoms with E-state index in [9.17, 15) is 4.79 Å². The summed E-state index contributed by atoms with van der Waals surface area (Å²) in [5.41, 5.74) is 3.28. The van der Waals surface area contributed by atoms with Crippen molar-refractivity contribution in [1.29, 1.82) is 0 Å². The van der Waals surface area contributed by atoms with Gasteiger partial charge in [0.2, 0.25) is 0 Å². The van der Waals surface area contributed by atoms with E-state index in [1.165, 1.54) is 5.56 Å². The molecule has 0 aliphatic rings. The molecule has 78 valence electrons. The molecule has 0 saturated heterocycles. The molecule has 0 amide bonds. The highest BCUT2D eigenvalue weighted by atomic mass is 16.1. The summed E-state index contributed by atoms with van der Waals surface area (Å²) in [7, 11) is 1.96. The second-order valence-corrected chi connectivity index (χ2v) is 3.91. The Morgan fingerprint density at radius 1 is 1.47 bits per heavy atom. The van der Waals surface area contributed by atoms with Gasteiger partial charge in [0, 0.05) is 7.05 Å². The highest BCUT2D eigenvalue weighted by Crippen LogP contribution is 2.18. The first-order valence-corrected chi connectivity index (χ1v) is 5.00. The van der Waals surface area contributed by atoms with Gasteiger partial charge < -0.3 is 4.57 Å². The molecule has 0 aliphatic heterocycles. The van der Waals surface area contributed by atoms with Crippen molar-refractivity contribution in [2.75, 3.05) is 0 Å². The molecule has 15 heavy (non-hydrogen) atoms. The second kappa shape index (κ2) is 3.50. The third kappa shape index (κ3) is 1.65. The molecule has 1 aromatic carbocycles. The molecule has 0 spiro atoms. The minimum atomic E-state index is 0.144. The van der Waals surface area contributed by atoms with Crippen LogP contribution in [0.25, 0.3) is 11.0 Å². The van der Waals surface area contributed by atoms with Crippen LogP contribution in [0.2, 0.25) is 0 Å². The van der Waals surface area contributed by atoms with Gasteiger partial charge in [-0.15, -0.1) is 0 Å². The molecule has 3 nitrogen and oxygen atoms in total. The van der Waals surface area contributed by atoms with E-state index in [1.54, 1.807) is 6.92 Å². The van der Waals surface area contributed by atoms with E-state index in [4.69, 9.17) is 0 Å². The zero-order valence-corrected chi connectivity index (χ0v) is 9.24. The van der Waals surface area contributed by atoms with Crippen molar-refractivity contribution < 1.29 is 4.79 Å². The number of rotatable bonds is 2. The van der Waals surface area contributed by atoms with Crippen molar-refractivity contribution >= 4 is 16.8 Å². The molecule has 0 saturated carbocycles. The molecule has 1 aromatic heterocycles. The molecule has 0 bridgehead atoms. The first kappa shape index (κ1) is 9.90. The average molecular weight is 202 g/mol. The van der Waals surface area contributed by atoms with E-state index < -0.39 is 0 Å². The molecular formula is C12H14N2O. The first-order valence-electron chi connectivity index (χ1n) is 5.00. The molecule has 0 radical (unpaired) electrons. The Balaban J connectivity index is 2.64. The molecule has 2 aromatic rings. The van der Waals surface area contributed by atoms with Gasteiger partial charge in [-0.25, -0.2) is 4.98 Å². The predicted octanol–water partition coefficient (Wildman–Crippen LogP) is 2.01. The van der Waals surface area contributed by atoms with Crippen LogP contribution in [0, 0.1) is 6.92 Å². The molecule has 0 fully saturated rings. The number of fused-ring (bicyclic) bond motifs is 1. The van der Waals surface area contributed by atoms with Crippen LogP contribution in [0.3, 0.4) is 0 Å². The number of hydrogen-bond donors (Lipinski definition) is 0. The number of nitrogens with zero attached hydrogens (tertiary/aromatic N) is 2. The number of benzene rings is 1. The lowest BCUT2D eigenvalue weighted by molar-refractivity contribution is -0.116. The summed E-state index contributed by atoms with van der Waals surface area (Å²) < 4.78 is 2.01. The van der Waals surface area contributed by atoms with Crippen LogP contribution < -0.4 is 0 Å². The maximum Gasteiger partial charge on any atom is 0.137 e. The largest absolute Gasteiger partial charge is 0.331 e. The van der Waals surface area contributed by atoms with Crippen LogP contribution in [0.5, 0.6) is 0 Å². The number of carbonyl (C=O) groups is 1. The Morgan fingerprint density at radius 2 is 2.20 bits per heavy atom. The molecule has 0 aliphatic carbocycles. The highest BCUT2D eigenvalue weighted by Gasteiger charge is 2.10. The van der Waals surface area contributed by atoms with Crippen LogP contribution in [0.4, 0.5) is 0 Å². The van der Waals surface area contributed by atoms with Gasteiger partial charge in [-0.1, -0.05) is 12.1 Å². The maximum atomic E-state index is 11.1. The Bertz CT molecular complexity index is 526. The van der Waals surface area contributed by atoms with Crippen molar-refractivity contribution in [2.45, 2.75) is 20.3 Å². The van der Waals surface area contributed by atoms with Gasteiger partial charge in [-0.2, -0.15) is 0 Å². The standard InChI is InChI=1S/C12H14N2O/c1-8-5-4-6-10-12(8)14(3)11(13-10)7-9(2)15/h4-6H,7H2,1-3H3. The topological polar surface area (TPSA) is 34.9 Å². The van der Waals surface area contributed by atoms with Crippen molar-refractivity contribution in [3.8, 4) is 0 Å². The third-order valence-electron chi connectivity index (χ3n) is 2.60. The lowest BCUT2D eigenvalue weighted by Gasteiger charge is -2.01. The molecule has 3 heteroatoms. The van der Waals surface area contributed by atoms with E-state index in [1.807, 2.05) is 23.7 Å². The van der Waals surface area contributed by atoms with Crippen LogP contribution in [-0.2, 0) is 18.3 Å². The van der Waals surface area contributed by atoms with Crippen molar-refractivity contribution in [3.63, 3.8) is 0 Å². The first-order chi connectivity index (χ1) is 7.09. The minimum Gasteiger partial charge on any atom is -0.331 e. The summed E-state index contributed by atoms with van der Waals surface area (Å²) in [5.74, 6) is 0.984. The number of aromatic nitrogens is 2. The molecule has 2 rings (SSSR count). The number of carbonyl (C=O) groups excluding carboxylic acids is 1. The van der Waals surface area contributed by atoms with Gasteiger partial charge in [0.05, 0.1) is 17.5 Å². The van der Waals surface area contributed by atoms with Gasteiger partial charge in [-0.3, -0.25) is 4.79 Å². The van der Waals surface area contributed by atoms with Crippen LogP contribution >= 0.6 is 0 Å². The fourth-order valence-electron chi connectivity index (χ4n) is 1.89. The molecule has 1 heterocycles. The lowest BCUT2D eigenvalue weighted by Crippen LogP contribution is -2.04. The Kier molecular flexibility index (Phi) is 2.31. The Hall–Kier alpha value is -1.64. The van der Waals surface area contributed by atoms with Gasteiger partial charge >= 0.3 is 0 Å². The average Bonchev–Trinajstić information content (AvgIpc) is 2.44. The number of hydrogen-bond acceptors (Lipinski definition) is 2. The zero-order chi connectivity index (χ0) is 11.0. The van der Waals surface area contributed by atoms with Crippen LogP contribution in [0.15, 0.2) is 18.2 Å². The molecule has 0 atom stereocenters. The van der Waals surface area contributed by atoms with E-state index in [0.29, 0.717) is 6.42 Å². The lowest BCUT2D eigenvalue weighted by atomic mass is 10.2. The molecular weight excluding hydrogens is 188 g/mol. The van der Waals surface area contributed by atoms with Crippen LogP contribution in [0.1, 0.15) is 18.3 Å². The number of para-hydroxylation sites is 1. The van der Waals surface area contributed by atoms with E-state index in [-0.39, 0.29) is 5.78 Å². The summed E-state index contributed by atoms with van der Waals surface area (Å²) in [6.45, 7) is 3.65. The summed E-state index contributed by atoms with van der Waals surface area (Å²) >= 11 is 0. The fraction of sp³-hybridized carbons (Fsp3) is 0.333. The third-order valence-corrected chi connectivity index (χ3v) is 2.60. The van der Waals surface area contributed by atoms with Crippen molar-refractivity contribution in [3.05, 3.63) is 29.6 Å². The number of aryl methyl sites for hydroxylation is 2. The summed E-state index contributed by atoms with van der Waals surface area (Å²) in [6, 6.07) is 6.02. The Labute approximate surface area is 88.7 Å². The predicted molar refractivity (Wildman–Crippen MR) is 59.8 cm³/mol. The SMILES string of the molecule is CC(=O)Cc1nc2cccc(C)c2n1C. The van der Waals surface area contributed by atoms with Gasteiger partial charge in [0.15, 0.2) is 0 Å². The van der Waals surface area contributed by atoms with Gasteiger partial charge in [0.25, 0.3) is 0 Å². The van der Waals surface area contributed by atoms with Crippen molar-refractivity contribution in [1.82, 2.24) is 9.55 Å². The van der Waals surface area contributed by atoms with Crippen LogP contribution in [-0.4, -0.2) is 15.3 Å². The maximum absolute atomic E-state index is 11.1. The monoisotopic (exact) mass is 202 g/mol. The number of Topliss-reactive ketones (excluding diaryl/α,β-unsaturated/α-hetero) is 1. The van der Waals surface area contributed by atoms with Gasteiger partial charge in [-0.05, 0) is 25.5 Å². The second-order valence-electron chi connectivity index (χ2n) is 3.91. The minimum absolute atomic E-state index is 0.144. The van der Waals surface area contributed by atoms with E-state index in [2.05, 4.69) is 18.0 Å². The van der Waals surface area contributed by atoms with Crippen molar-refractivity contribution in [2.24, 2.45) is 7.05 Å². The summed E-state index contributed by atoms with van der Waals surface area (Å²) in [6.07, 6.45) is 0.407. The summed E-state index contributed by atoms with van der Waals surface area (Å²) in [5, 5.41) is 0. The fourth-order valence-corrected chi connectivity index (χ4v) is 1.89. The quantitative estimate of drug-likeness (QED) is 0.746. The van der Waals surface area contributed by atoms with Gasteiger partial charge in [0.1, 0.15) is 11.6 Å². The smallest absolute Gasteiger partial charge is 0.137 e. The normalized spacial score (nSPS) is 10.9. The zero-order valence-electron chi connectivity index (χ0n) is 9.24. The number of ketones is 1. The summed E-state index contributed by atoms with van der Waals surface area (Å²) in [4.78, 5) is 15.5. The number of imidazole rings is 1. The molecule has 0 N–H and O–H groups in total. The van der Waals surface area contributed by atoms with E-state index in [0.717, 1.165) is 16.9 Å². The van der Waals surface area contributed by atoms with E-state index >= 15 is 0 Å². The highest BCUT2D eigenvalue weighted by molar-refractivity contribution is 5.82.